The minimum absolute atomic E-state index is 0.0160. The molecule has 0 spiro atoms. The molecule has 39 heavy (non-hydrogen) atoms. The zero-order valence-electron chi connectivity index (χ0n) is 22.9. The minimum atomic E-state index is -0.455. The van der Waals surface area contributed by atoms with Gasteiger partial charge in [-0.2, -0.15) is 4.98 Å². The van der Waals surface area contributed by atoms with Crippen molar-refractivity contribution in [2.75, 3.05) is 17.7 Å². The Morgan fingerprint density at radius 3 is 2.41 bits per heavy atom. The van der Waals surface area contributed by atoms with E-state index in [4.69, 9.17) is 14.8 Å². The van der Waals surface area contributed by atoms with Gasteiger partial charge in [0.05, 0.1) is 18.4 Å². The van der Waals surface area contributed by atoms with Crippen molar-refractivity contribution in [1.29, 1.82) is 0 Å². The molecule has 1 aromatic heterocycles. The van der Waals surface area contributed by atoms with E-state index >= 15 is 0 Å². The SMILES string of the molecule is COc1ccccc1NC(=O)C1=C(C)Nc2nc(SCc3ccccc3)nn2C1c1ccc(C(C)(C)C)cc1. The highest BCUT2D eigenvalue weighted by molar-refractivity contribution is 7.98. The van der Waals surface area contributed by atoms with E-state index in [9.17, 15) is 4.79 Å². The summed E-state index contributed by atoms with van der Waals surface area (Å²) in [4.78, 5) is 18.6. The van der Waals surface area contributed by atoms with Crippen molar-refractivity contribution in [2.24, 2.45) is 0 Å². The van der Waals surface area contributed by atoms with Crippen molar-refractivity contribution in [3.63, 3.8) is 0 Å². The fourth-order valence-corrected chi connectivity index (χ4v) is 5.40. The molecule has 2 N–H and O–H groups in total. The zero-order chi connectivity index (χ0) is 27.6. The van der Waals surface area contributed by atoms with Gasteiger partial charge in [-0.05, 0) is 41.2 Å². The first-order chi connectivity index (χ1) is 18.7. The predicted octanol–water partition coefficient (Wildman–Crippen LogP) is 6.80. The molecule has 1 aliphatic heterocycles. The quantitative estimate of drug-likeness (QED) is 0.251. The summed E-state index contributed by atoms with van der Waals surface area (Å²) >= 11 is 1.57. The van der Waals surface area contributed by atoms with Crippen molar-refractivity contribution in [3.05, 3.63) is 107 Å². The van der Waals surface area contributed by atoms with Gasteiger partial charge in [0, 0.05) is 11.4 Å². The van der Waals surface area contributed by atoms with E-state index in [0.29, 0.717) is 28.1 Å². The van der Waals surface area contributed by atoms with Crippen LogP contribution in [0, 0.1) is 0 Å². The molecule has 200 valence electrons. The Balaban J connectivity index is 1.52. The lowest BCUT2D eigenvalue weighted by atomic mass is 9.85. The van der Waals surface area contributed by atoms with E-state index in [1.54, 1.807) is 18.9 Å². The number of ether oxygens (including phenoxy) is 1. The Labute approximate surface area is 233 Å². The first-order valence-electron chi connectivity index (χ1n) is 12.9. The van der Waals surface area contributed by atoms with Crippen LogP contribution in [-0.2, 0) is 16.0 Å². The summed E-state index contributed by atoms with van der Waals surface area (Å²) in [5.41, 5.74) is 5.30. The summed E-state index contributed by atoms with van der Waals surface area (Å²) in [6, 6.07) is 25.6. The molecule has 0 aliphatic carbocycles. The van der Waals surface area contributed by atoms with Gasteiger partial charge in [0.15, 0.2) is 0 Å². The number of nitrogens with one attached hydrogen (secondary N) is 2. The van der Waals surface area contributed by atoms with Crippen molar-refractivity contribution < 1.29 is 9.53 Å². The van der Waals surface area contributed by atoms with Gasteiger partial charge in [-0.25, -0.2) is 4.68 Å². The van der Waals surface area contributed by atoms with Crippen LogP contribution in [0.1, 0.15) is 50.4 Å². The van der Waals surface area contributed by atoms with Crippen LogP contribution < -0.4 is 15.4 Å². The number of allylic oxidation sites excluding steroid dienone is 1. The number of amides is 1. The Kier molecular flexibility index (Phi) is 7.48. The summed E-state index contributed by atoms with van der Waals surface area (Å²) in [6.45, 7) is 8.47. The van der Waals surface area contributed by atoms with Gasteiger partial charge in [0.2, 0.25) is 11.1 Å². The van der Waals surface area contributed by atoms with Crippen LogP contribution in [0.4, 0.5) is 11.6 Å². The molecule has 4 aromatic rings. The van der Waals surface area contributed by atoms with Gasteiger partial charge >= 0.3 is 0 Å². The molecular formula is C31H33N5O2S. The summed E-state index contributed by atoms with van der Waals surface area (Å²) in [6.07, 6.45) is 0. The maximum absolute atomic E-state index is 13.9. The van der Waals surface area contributed by atoms with Crippen molar-refractivity contribution in [3.8, 4) is 5.75 Å². The molecule has 8 heteroatoms. The molecule has 1 unspecified atom stereocenters. The van der Waals surface area contributed by atoms with Gasteiger partial charge in [-0.1, -0.05) is 99.3 Å². The summed E-state index contributed by atoms with van der Waals surface area (Å²) < 4.78 is 7.29. The minimum Gasteiger partial charge on any atom is -0.495 e. The van der Waals surface area contributed by atoms with E-state index in [2.05, 4.69) is 67.8 Å². The Morgan fingerprint density at radius 1 is 1.03 bits per heavy atom. The van der Waals surface area contributed by atoms with Gasteiger partial charge in [-0.15, -0.1) is 5.10 Å². The van der Waals surface area contributed by atoms with Crippen LogP contribution in [-0.4, -0.2) is 27.8 Å². The monoisotopic (exact) mass is 539 g/mol. The van der Waals surface area contributed by atoms with Crippen molar-refractivity contribution in [2.45, 2.75) is 50.1 Å². The van der Waals surface area contributed by atoms with E-state index < -0.39 is 6.04 Å². The number of para-hydroxylation sites is 2. The van der Waals surface area contributed by atoms with Gasteiger partial charge < -0.3 is 15.4 Å². The van der Waals surface area contributed by atoms with Crippen molar-refractivity contribution in [1.82, 2.24) is 14.8 Å². The Hall–Kier alpha value is -4.04. The lowest BCUT2D eigenvalue weighted by molar-refractivity contribution is -0.113. The third-order valence-electron chi connectivity index (χ3n) is 6.74. The number of thioether (sulfide) groups is 1. The van der Waals surface area contributed by atoms with E-state index in [1.807, 2.05) is 54.1 Å². The molecule has 0 saturated heterocycles. The summed E-state index contributed by atoms with van der Waals surface area (Å²) in [5, 5.41) is 11.9. The van der Waals surface area contributed by atoms with Crippen LogP contribution >= 0.6 is 11.8 Å². The predicted molar refractivity (Wildman–Crippen MR) is 157 cm³/mol. The summed E-state index contributed by atoms with van der Waals surface area (Å²) in [7, 11) is 1.59. The fraction of sp³-hybridized carbons (Fsp3) is 0.258. The number of methoxy groups -OCH3 is 1. The fourth-order valence-electron chi connectivity index (χ4n) is 4.62. The van der Waals surface area contributed by atoms with Gasteiger partial charge in [0.25, 0.3) is 5.91 Å². The van der Waals surface area contributed by atoms with Crippen LogP contribution in [0.3, 0.4) is 0 Å². The first-order valence-corrected chi connectivity index (χ1v) is 13.9. The van der Waals surface area contributed by atoms with Crippen molar-refractivity contribution >= 4 is 29.3 Å². The normalized spacial score (nSPS) is 14.9. The molecular weight excluding hydrogens is 506 g/mol. The average molecular weight is 540 g/mol. The molecule has 3 aromatic carbocycles. The standard InChI is InChI=1S/C31H33N5O2S/c1-20-26(28(37)33-24-13-9-10-14-25(24)38-5)27(22-15-17-23(18-16-22)31(2,3)4)36-29(32-20)34-30(35-36)39-19-21-11-7-6-8-12-21/h6-18,27H,19H2,1-5H3,(H,33,37)(H,32,34,35). The largest absolute Gasteiger partial charge is 0.495 e. The van der Waals surface area contributed by atoms with E-state index in [1.165, 1.54) is 11.1 Å². The number of aromatic nitrogens is 3. The first kappa shape index (κ1) is 26.6. The van der Waals surface area contributed by atoms with Crippen LogP contribution in [0.15, 0.2) is 95.3 Å². The third kappa shape index (κ3) is 5.71. The van der Waals surface area contributed by atoms with E-state index in [-0.39, 0.29) is 11.3 Å². The molecule has 0 bridgehead atoms. The number of fused-ring (bicyclic) bond motifs is 1. The molecule has 1 atom stereocenters. The number of carbonyl (C=O) groups is 1. The molecule has 7 nitrogen and oxygen atoms in total. The number of hydrogen-bond acceptors (Lipinski definition) is 6. The Bertz CT molecular complexity index is 1500. The maximum Gasteiger partial charge on any atom is 0.255 e. The number of hydrogen-bond donors (Lipinski definition) is 2. The molecule has 5 rings (SSSR count). The van der Waals surface area contributed by atoms with Gasteiger partial charge in [-0.3, -0.25) is 4.79 Å². The third-order valence-corrected chi connectivity index (χ3v) is 7.64. The molecule has 2 heterocycles. The lowest BCUT2D eigenvalue weighted by Crippen LogP contribution is -2.31. The lowest BCUT2D eigenvalue weighted by Gasteiger charge is -2.29. The smallest absolute Gasteiger partial charge is 0.255 e. The Morgan fingerprint density at radius 2 is 1.72 bits per heavy atom. The highest BCUT2D eigenvalue weighted by Gasteiger charge is 2.35. The van der Waals surface area contributed by atoms with Crippen LogP contribution in [0.5, 0.6) is 5.75 Å². The second kappa shape index (κ2) is 11.0. The maximum atomic E-state index is 13.9. The van der Waals surface area contributed by atoms with E-state index in [0.717, 1.165) is 17.0 Å². The van der Waals surface area contributed by atoms with Crippen LogP contribution in [0.2, 0.25) is 0 Å². The molecule has 0 saturated carbocycles. The molecule has 0 fully saturated rings. The van der Waals surface area contributed by atoms with Crippen LogP contribution in [0.25, 0.3) is 0 Å². The van der Waals surface area contributed by atoms with Gasteiger partial charge in [0.1, 0.15) is 11.8 Å². The highest BCUT2D eigenvalue weighted by Crippen LogP contribution is 2.38. The topological polar surface area (TPSA) is 81.1 Å². The second-order valence-corrected chi connectivity index (χ2v) is 11.5. The number of anilines is 2. The number of rotatable bonds is 7. The number of nitrogens with zero attached hydrogens (tertiary/aromatic N) is 3. The highest BCUT2D eigenvalue weighted by atomic mass is 32.2. The number of carbonyl (C=O) groups excluding carboxylic acids is 1. The molecule has 1 aliphatic rings. The average Bonchev–Trinajstić information content (AvgIpc) is 3.34. The zero-order valence-corrected chi connectivity index (χ0v) is 23.7. The molecule has 1 amide bonds. The summed E-state index contributed by atoms with van der Waals surface area (Å²) in [5.74, 6) is 1.74. The molecule has 0 radical (unpaired) electrons. The second-order valence-electron chi connectivity index (χ2n) is 10.5. The number of benzene rings is 3.